The maximum atomic E-state index is 12.1. The third-order valence-electron chi connectivity index (χ3n) is 3.55. The van der Waals surface area contributed by atoms with Gasteiger partial charge in [-0.15, -0.1) is 0 Å². The van der Waals surface area contributed by atoms with Crippen LogP contribution in [-0.4, -0.2) is 17.0 Å². The minimum absolute atomic E-state index is 0.141. The Labute approximate surface area is 128 Å². The summed E-state index contributed by atoms with van der Waals surface area (Å²) in [5.41, 5.74) is 0.636. The maximum absolute atomic E-state index is 12.1. The number of allylic oxidation sites excluding steroid dienone is 2. The molecule has 5 heteroatoms. The normalized spacial score (nSPS) is 18.4. The minimum Gasteiger partial charge on any atom is -0.481 e. The van der Waals surface area contributed by atoms with Gasteiger partial charge in [0, 0.05) is 11.4 Å². The molecule has 2 atom stereocenters. The highest BCUT2D eigenvalue weighted by Gasteiger charge is 2.22. The van der Waals surface area contributed by atoms with Gasteiger partial charge in [0.2, 0.25) is 5.91 Å². The van der Waals surface area contributed by atoms with E-state index in [0.717, 1.165) is 12.8 Å². The number of aliphatic carboxylic acids is 1. The van der Waals surface area contributed by atoms with Crippen LogP contribution in [0.5, 0.6) is 0 Å². The van der Waals surface area contributed by atoms with Crippen LogP contribution in [0.15, 0.2) is 36.4 Å². The van der Waals surface area contributed by atoms with Gasteiger partial charge >= 0.3 is 5.97 Å². The van der Waals surface area contributed by atoms with Crippen molar-refractivity contribution in [3.8, 4) is 0 Å². The molecule has 1 aliphatic rings. The van der Waals surface area contributed by atoms with E-state index in [1.165, 1.54) is 0 Å². The van der Waals surface area contributed by atoms with Crippen molar-refractivity contribution in [1.82, 2.24) is 5.32 Å². The number of hydrogen-bond donors (Lipinski definition) is 2. The summed E-state index contributed by atoms with van der Waals surface area (Å²) in [7, 11) is 0. The number of carboxylic acid groups (broad SMARTS) is 1. The van der Waals surface area contributed by atoms with Crippen molar-refractivity contribution in [2.45, 2.75) is 31.7 Å². The van der Waals surface area contributed by atoms with Gasteiger partial charge < -0.3 is 10.4 Å². The zero-order chi connectivity index (χ0) is 15.2. The lowest BCUT2D eigenvalue weighted by Crippen LogP contribution is -2.31. The van der Waals surface area contributed by atoms with E-state index in [4.69, 9.17) is 16.7 Å². The van der Waals surface area contributed by atoms with Crippen molar-refractivity contribution in [3.05, 3.63) is 47.0 Å². The number of carbonyl (C=O) groups is 2. The first kappa shape index (κ1) is 15.6. The predicted molar refractivity (Wildman–Crippen MR) is 81.1 cm³/mol. The Hall–Kier alpha value is -1.81. The molecule has 0 aromatic heterocycles. The molecule has 0 aliphatic heterocycles. The van der Waals surface area contributed by atoms with E-state index in [2.05, 4.69) is 11.4 Å². The molecule has 0 radical (unpaired) electrons. The summed E-state index contributed by atoms with van der Waals surface area (Å²) < 4.78 is 0. The van der Waals surface area contributed by atoms with E-state index >= 15 is 0 Å². The van der Waals surface area contributed by atoms with Gasteiger partial charge in [-0.3, -0.25) is 9.59 Å². The minimum atomic E-state index is -0.971. The van der Waals surface area contributed by atoms with Crippen LogP contribution in [0.4, 0.5) is 0 Å². The summed E-state index contributed by atoms with van der Waals surface area (Å²) in [5.74, 6) is -0.861. The van der Waals surface area contributed by atoms with Gasteiger partial charge in [-0.2, -0.15) is 0 Å². The van der Waals surface area contributed by atoms with Crippen LogP contribution in [-0.2, 0) is 9.59 Å². The number of benzene rings is 1. The Kier molecular flexibility index (Phi) is 5.39. The molecule has 112 valence electrons. The van der Waals surface area contributed by atoms with Crippen LogP contribution >= 0.6 is 11.6 Å². The van der Waals surface area contributed by atoms with Crippen LogP contribution in [0, 0.1) is 5.92 Å². The van der Waals surface area contributed by atoms with Crippen molar-refractivity contribution in [3.63, 3.8) is 0 Å². The van der Waals surface area contributed by atoms with Gasteiger partial charge in [0.15, 0.2) is 0 Å². The molecule has 4 nitrogen and oxygen atoms in total. The average molecular weight is 308 g/mol. The largest absolute Gasteiger partial charge is 0.481 e. The molecule has 0 saturated heterocycles. The number of halogens is 1. The molecule has 0 saturated carbocycles. The fourth-order valence-electron chi connectivity index (χ4n) is 2.53. The molecular formula is C16H18ClNO3. The SMILES string of the molecule is O=C(O)CC(NC(=O)CC1C=CCC1)c1ccccc1Cl. The third-order valence-corrected chi connectivity index (χ3v) is 3.90. The summed E-state index contributed by atoms with van der Waals surface area (Å²) in [5, 5.41) is 12.3. The molecule has 0 heterocycles. The summed E-state index contributed by atoms with van der Waals surface area (Å²) in [6, 6.07) is 6.38. The number of amides is 1. The molecule has 0 fully saturated rings. The lowest BCUT2D eigenvalue weighted by molar-refractivity contribution is -0.137. The number of rotatable bonds is 6. The Morgan fingerprint density at radius 2 is 2.14 bits per heavy atom. The Morgan fingerprint density at radius 1 is 1.38 bits per heavy atom. The van der Waals surface area contributed by atoms with Crippen molar-refractivity contribution in [2.75, 3.05) is 0 Å². The second kappa shape index (κ2) is 7.27. The van der Waals surface area contributed by atoms with Gasteiger partial charge in [0.05, 0.1) is 12.5 Å². The van der Waals surface area contributed by atoms with E-state index < -0.39 is 12.0 Å². The number of carboxylic acids is 1. The molecule has 21 heavy (non-hydrogen) atoms. The Morgan fingerprint density at radius 3 is 2.76 bits per heavy atom. The van der Waals surface area contributed by atoms with E-state index in [9.17, 15) is 9.59 Å². The molecule has 1 aromatic rings. The van der Waals surface area contributed by atoms with Gasteiger partial charge in [-0.05, 0) is 30.4 Å². The standard InChI is InChI=1S/C16H18ClNO3/c17-13-8-4-3-7-12(13)14(10-16(20)21)18-15(19)9-11-5-1-2-6-11/h1,3-5,7-8,11,14H,2,6,9-10H2,(H,18,19)(H,20,21). The zero-order valence-corrected chi connectivity index (χ0v) is 12.3. The molecule has 1 aliphatic carbocycles. The first-order valence-electron chi connectivity index (χ1n) is 6.98. The molecule has 0 bridgehead atoms. The van der Waals surface area contributed by atoms with Crippen LogP contribution in [0.2, 0.25) is 5.02 Å². The lowest BCUT2D eigenvalue weighted by atomic mass is 10.0. The molecule has 0 spiro atoms. The van der Waals surface area contributed by atoms with Crippen LogP contribution < -0.4 is 5.32 Å². The molecule has 2 unspecified atom stereocenters. The van der Waals surface area contributed by atoms with Crippen molar-refractivity contribution in [2.24, 2.45) is 5.92 Å². The highest BCUT2D eigenvalue weighted by Crippen LogP contribution is 2.26. The highest BCUT2D eigenvalue weighted by atomic mass is 35.5. The lowest BCUT2D eigenvalue weighted by Gasteiger charge is -2.19. The van der Waals surface area contributed by atoms with Crippen LogP contribution in [0.1, 0.15) is 37.3 Å². The van der Waals surface area contributed by atoms with E-state index in [1.807, 2.05) is 6.08 Å². The second-order valence-corrected chi connectivity index (χ2v) is 5.62. The van der Waals surface area contributed by atoms with Crippen molar-refractivity contribution in [1.29, 1.82) is 0 Å². The molecule has 2 N–H and O–H groups in total. The summed E-state index contributed by atoms with van der Waals surface area (Å²) in [6.45, 7) is 0. The third kappa shape index (κ3) is 4.60. The molecule has 2 rings (SSSR count). The van der Waals surface area contributed by atoms with Gasteiger partial charge in [-0.25, -0.2) is 0 Å². The Balaban J connectivity index is 2.05. The predicted octanol–water partition coefficient (Wildman–Crippen LogP) is 3.33. The summed E-state index contributed by atoms with van der Waals surface area (Å²) in [6.07, 6.45) is 6.29. The number of carbonyl (C=O) groups excluding carboxylic acids is 1. The molecule has 1 amide bonds. The highest BCUT2D eigenvalue weighted by molar-refractivity contribution is 6.31. The maximum Gasteiger partial charge on any atom is 0.305 e. The van der Waals surface area contributed by atoms with E-state index in [1.54, 1.807) is 24.3 Å². The fourth-order valence-corrected chi connectivity index (χ4v) is 2.80. The molecular weight excluding hydrogens is 290 g/mol. The monoisotopic (exact) mass is 307 g/mol. The van der Waals surface area contributed by atoms with Crippen LogP contribution in [0.25, 0.3) is 0 Å². The molecule has 1 aromatic carbocycles. The second-order valence-electron chi connectivity index (χ2n) is 5.21. The van der Waals surface area contributed by atoms with Gasteiger partial charge in [0.25, 0.3) is 0 Å². The average Bonchev–Trinajstić information content (AvgIpc) is 2.90. The smallest absolute Gasteiger partial charge is 0.305 e. The summed E-state index contributed by atoms with van der Waals surface area (Å²) >= 11 is 6.10. The quantitative estimate of drug-likeness (QED) is 0.792. The first-order chi connectivity index (χ1) is 10.1. The Bertz CT molecular complexity index is 556. The first-order valence-corrected chi connectivity index (χ1v) is 7.36. The number of nitrogens with one attached hydrogen (secondary N) is 1. The van der Waals surface area contributed by atoms with Crippen molar-refractivity contribution >= 4 is 23.5 Å². The van der Waals surface area contributed by atoms with Crippen LogP contribution in [0.3, 0.4) is 0 Å². The van der Waals surface area contributed by atoms with E-state index in [0.29, 0.717) is 17.0 Å². The fraction of sp³-hybridized carbons (Fsp3) is 0.375. The van der Waals surface area contributed by atoms with Crippen molar-refractivity contribution < 1.29 is 14.7 Å². The topological polar surface area (TPSA) is 66.4 Å². The number of hydrogen-bond acceptors (Lipinski definition) is 2. The van der Waals surface area contributed by atoms with E-state index in [-0.39, 0.29) is 18.2 Å². The summed E-state index contributed by atoms with van der Waals surface area (Å²) in [4.78, 5) is 23.1. The van der Waals surface area contributed by atoms with Gasteiger partial charge in [-0.1, -0.05) is 42.0 Å². The van der Waals surface area contributed by atoms with Gasteiger partial charge in [0.1, 0.15) is 0 Å². The zero-order valence-electron chi connectivity index (χ0n) is 11.6.